The van der Waals surface area contributed by atoms with Crippen LogP contribution in [-0.2, 0) is 6.67 Å². The molecular formula is C32H36N4O. The molecule has 1 aromatic heterocycles. The van der Waals surface area contributed by atoms with Crippen LogP contribution in [-0.4, -0.2) is 32.9 Å². The number of hydrogen-bond donors (Lipinski definition) is 2. The molecule has 1 saturated carbocycles. The fourth-order valence-electron chi connectivity index (χ4n) is 5.55. The minimum absolute atomic E-state index is 0.124. The quantitative estimate of drug-likeness (QED) is 0.386. The predicted molar refractivity (Wildman–Crippen MR) is 152 cm³/mol. The number of nitrogens with one attached hydrogen (secondary N) is 1. The molecule has 37 heavy (non-hydrogen) atoms. The number of benzene rings is 1. The van der Waals surface area contributed by atoms with Gasteiger partial charge in [0.15, 0.2) is 0 Å². The molecule has 1 aromatic carbocycles. The van der Waals surface area contributed by atoms with E-state index in [0.717, 1.165) is 53.8 Å². The van der Waals surface area contributed by atoms with E-state index in [4.69, 9.17) is 15.5 Å². The van der Waals surface area contributed by atoms with Crippen LogP contribution in [0.1, 0.15) is 37.8 Å². The number of aliphatic hydroxyl groups excluding tert-OH is 1. The highest BCUT2D eigenvalue weighted by Gasteiger charge is 2.33. The van der Waals surface area contributed by atoms with Crippen LogP contribution < -0.4 is 0 Å². The third-order valence-electron chi connectivity index (χ3n) is 7.68. The number of aliphatic imine (C=N–C) groups is 1. The zero-order chi connectivity index (χ0) is 25.6. The summed E-state index contributed by atoms with van der Waals surface area (Å²) in [6, 6.07) is 10.3. The maximum Gasteiger partial charge on any atom is 0.131 e. The van der Waals surface area contributed by atoms with Crippen LogP contribution >= 0.6 is 0 Å². The molecule has 5 rings (SSSR count). The highest BCUT2D eigenvalue weighted by molar-refractivity contribution is 6.14. The van der Waals surface area contributed by atoms with Gasteiger partial charge in [0.25, 0.3) is 0 Å². The Hall–Kier alpha value is -3.57. The second kappa shape index (κ2) is 11.7. The van der Waals surface area contributed by atoms with Crippen molar-refractivity contribution in [2.75, 3.05) is 0 Å². The lowest BCUT2D eigenvalue weighted by Crippen LogP contribution is -2.33. The number of allylic oxidation sites excluding steroid dienone is 10. The molecule has 190 valence electrons. The summed E-state index contributed by atoms with van der Waals surface area (Å²) in [6.45, 7) is 2.47. The summed E-state index contributed by atoms with van der Waals surface area (Å²) in [6.07, 6.45) is 25.4. The number of nitrogens with zero attached hydrogens (tertiary/aromatic N) is 3. The van der Waals surface area contributed by atoms with Gasteiger partial charge in [-0.1, -0.05) is 78.9 Å². The van der Waals surface area contributed by atoms with E-state index in [1.54, 1.807) is 0 Å². The first-order valence-electron chi connectivity index (χ1n) is 13.4. The Labute approximate surface area is 219 Å². The second-order valence-electron chi connectivity index (χ2n) is 10.2. The van der Waals surface area contributed by atoms with Gasteiger partial charge in [0, 0.05) is 24.1 Å². The summed E-state index contributed by atoms with van der Waals surface area (Å²) in [5.41, 5.74) is 6.58. The van der Waals surface area contributed by atoms with Gasteiger partial charge in [-0.2, -0.15) is 5.10 Å². The number of aryl methyl sites for hydroxylation is 1. The molecule has 3 aliphatic carbocycles. The molecule has 0 aliphatic heterocycles. The SMILES string of the molecule is Cc1nn(C/N=C(C2=CCC(C3CC(O)C3)C=C2)\C(=C/CC=N)C2C=CC=CC2)cc1-c1ccccc1. The van der Waals surface area contributed by atoms with E-state index >= 15 is 0 Å². The molecule has 2 N–H and O–H groups in total. The maximum atomic E-state index is 9.76. The van der Waals surface area contributed by atoms with Gasteiger partial charge in [-0.25, -0.2) is 0 Å². The third kappa shape index (κ3) is 5.89. The van der Waals surface area contributed by atoms with Gasteiger partial charge in [0.2, 0.25) is 0 Å². The first-order valence-corrected chi connectivity index (χ1v) is 13.4. The van der Waals surface area contributed by atoms with Gasteiger partial charge >= 0.3 is 0 Å². The number of rotatable bonds is 9. The third-order valence-corrected chi connectivity index (χ3v) is 7.68. The van der Waals surface area contributed by atoms with Crippen molar-refractivity contribution in [2.24, 2.45) is 22.7 Å². The molecule has 5 nitrogen and oxygen atoms in total. The van der Waals surface area contributed by atoms with Gasteiger partial charge in [0.1, 0.15) is 6.67 Å². The van der Waals surface area contributed by atoms with E-state index < -0.39 is 0 Å². The molecule has 2 unspecified atom stereocenters. The van der Waals surface area contributed by atoms with E-state index in [9.17, 15) is 5.11 Å². The van der Waals surface area contributed by atoms with Crippen molar-refractivity contribution in [3.8, 4) is 11.1 Å². The van der Waals surface area contributed by atoms with Crippen LogP contribution in [0.15, 0.2) is 101 Å². The molecule has 2 atom stereocenters. The number of aromatic nitrogens is 2. The standard InChI is InChI=1S/C32H36N4O/c1-23-31(26-11-6-3-7-12-26)21-36(35-23)22-34-32(30(13-8-18-33)25-9-4-2-5-10-25)27-16-14-24(15-17-27)28-19-29(37)20-28/h2-7,9,11-14,16-18,21,24-25,28-29,33,37H,8,10,15,19-20,22H2,1H3/b30-13-,33-18?,34-32-. The highest BCUT2D eigenvalue weighted by atomic mass is 16.3. The van der Waals surface area contributed by atoms with E-state index in [0.29, 0.717) is 24.9 Å². The van der Waals surface area contributed by atoms with E-state index in [1.807, 2.05) is 29.8 Å². The highest BCUT2D eigenvalue weighted by Crippen LogP contribution is 2.39. The van der Waals surface area contributed by atoms with Crippen molar-refractivity contribution in [1.29, 1.82) is 5.41 Å². The molecule has 0 amide bonds. The normalized spacial score (nSPS) is 25.6. The lowest BCUT2D eigenvalue weighted by molar-refractivity contribution is 0.0242. The van der Waals surface area contributed by atoms with Gasteiger partial charge in [-0.3, -0.25) is 9.67 Å². The van der Waals surface area contributed by atoms with Gasteiger partial charge in [-0.15, -0.1) is 0 Å². The molecule has 0 spiro atoms. The minimum Gasteiger partial charge on any atom is -0.393 e. The Bertz CT molecular complexity index is 1290. The second-order valence-corrected chi connectivity index (χ2v) is 10.2. The van der Waals surface area contributed by atoms with Crippen molar-refractivity contribution < 1.29 is 5.11 Å². The molecule has 1 heterocycles. The first kappa shape index (κ1) is 25.1. The lowest BCUT2D eigenvalue weighted by Gasteiger charge is -2.37. The Morgan fingerprint density at radius 3 is 2.68 bits per heavy atom. The summed E-state index contributed by atoms with van der Waals surface area (Å²) in [5, 5.41) is 22.2. The monoisotopic (exact) mass is 492 g/mol. The fraction of sp³-hybridized carbons (Fsp3) is 0.344. The maximum absolute atomic E-state index is 9.76. The molecule has 0 bridgehead atoms. The summed E-state index contributed by atoms with van der Waals surface area (Å²) < 4.78 is 1.92. The van der Waals surface area contributed by atoms with Gasteiger partial charge in [-0.05, 0) is 67.4 Å². The zero-order valence-corrected chi connectivity index (χ0v) is 21.5. The smallest absolute Gasteiger partial charge is 0.131 e. The Morgan fingerprint density at radius 1 is 1.16 bits per heavy atom. The lowest BCUT2D eigenvalue weighted by atomic mass is 9.71. The van der Waals surface area contributed by atoms with Crippen LogP contribution in [0.4, 0.5) is 0 Å². The summed E-state index contributed by atoms with van der Waals surface area (Å²) in [4.78, 5) is 5.17. The van der Waals surface area contributed by atoms with Crippen LogP contribution in [0.2, 0.25) is 0 Å². The van der Waals surface area contributed by atoms with Gasteiger partial charge < -0.3 is 10.5 Å². The van der Waals surface area contributed by atoms with Crippen LogP contribution in [0, 0.1) is 30.1 Å². The number of aliphatic hydroxyl groups is 1. The molecule has 5 heteroatoms. The van der Waals surface area contributed by atoms with Crippen molar-refractivity contribution >= 4 is 11.9 Å². The number of hydrogen-bond acceptors (Lipinski definition) is 4. The molecule has 0 radical (unpaired) electrons. The first-order chi connectivity index (χ1) is 18.1. The average molecular weight is 493 g/mol. The molecule has 1 fully saturated rings. The van der Waals surface area contributed by atoms with Crippen molar-refractivity contribution in [2.45, 2.75) is 51.8 Å². The largest absolute Gasteiger partial charge is 0.393 e. The Balaban J connectivity index is 1.45. The van der Waals surface area contributed by atoms with Crippen LogP contribution in [0.5, 0.6) is 0 Å². The summed E-state index contributed by atoms with van der Waals surface area (Å²) in [5.74, 6) is 1.30. The predicted octanol–water partition coefficient (Wildman–Crippen LogP) is 6.63. The zero-order valence-electron chi connectivity index (χ0n) is 21.5. The molecule has 0 saturated heterocycles. The molecule has 3 aliphatic rings. The van der Waals surface area contributed by atoms with E-state index in [1.165, 1.54) is 11.8 Å². The van der Waals surface area contributed by atoms with E-state index in [2.05, 4.69) is 66.9 Å². The van der Waals surface area contributed by atoms with E-state index in [-0.39, 0.29) is 12.0 Å². The average Bonchev–Trinajstić information content (AvgIpc) is 3.30. The van der Waals surface area contributed by atoms with Crippen molar-refractivity contribution in [3.63, 3.8) is 0 Å². The summed E-state index contributed by atoms with van der Waals surface area (Å²) >= 11 is 0. The van der Waals surface area contributed by atoms with Crippen LogP contribution in [0.3, 0.4) is 0 Å². The Kier molecular flexibility index (Phi) is 7.90. The van der Waals surface area contributed by atoms with Crippen LogP contribution in [0.25, 0.3) is 11.1 Å². The topological polar surface area (TPSA) is 74.3 Å². The van der Waals surface area contributed by atoms with Crippen molar-refractivity contribution in [3.05, 3.63) is 102 Å². The van der Waals surface area contributed by atoms with Gasteiger partial charge in [0.05, 0.1) is 17.5 Å². The minimum atomic E-state index is -0.124. The molecular weight excluding hydrogens is 456 g/mol. The Morgan fingerprint density at radius 2 is 2.00 bits per heavy atom. The summed E-state index contributed by atoms with van der Waals surface area (Å²) in [7, 11) is 0. The molecule has 2 aromatic rings. The van der Waals surface area contributed by atoms with Crippen molar-refractivity contribution in [1.82, 2.24) is 9.78 Å². The fourth-order valence-corrected chi connectivity index (χ4v) is 5.55.